The maximum atomic E-state index is 12.4. The number of amides is 2. The van der Waals surface area contributed by atoms with Crippen LogP contribution in [0.5, 0.6) is 0 Å². The van der Waals surface area contributed by atoms with Crippen LogP contribution in [0.1, 0.15) is 55.6 Å². The van der Waals surface area contributed by atoms with E-state index in [9.17, 15) is 4.79 Å². The third kappa shape index (κ3) is 3.83. The molecule has 1 aromatic heterocycles. The largest absolute Gasteiger partial charge is 0.337 e. The second kappa shape index (κ2) is 7.25. The van der Waals surface area contributed by atoms with Gasteiger partial charge < -0.3 is 15.2 Å². The van der Waals surface area contributed by atoms with Crippen molar-refractivity contribution in [2.45, 2.75) is 51.0 Å². The molecule has 3 rings (SSSR count). The number of urea groups is 1. The van der Waals surface area contributed by atoms with Gasteiger partial charge in [-0.25, -0.2) is 4.79 Å². The predicted octanol–water partition coefficient (Wildman–Crippen LogP) is 3.00. The second-order valence-electron chi connectivity index (χ2n) is 7.21. The molecular formula is C19H27N5O. The zero-order valence-corrected chi connectivity index (χ0v) is 15.2. The quantitative estimate of drug-likeness (QED) is 0.878. The normalized spacial score (nSPS) is 17.2. The first-order valence-electron chi connectivity index (χ1n) is 8.96. The molecule has 2 N–H and O–H groups in total. The van der Waals surface area contributed by atoms with Crippen molar-refractivity contribution in [1.82, 2.24) is 25.4 Å². The van der Waals surface area contributed by atoms with Crippen molar-refractivity contribution in [1.29, 1.82) is 0 Å². The molecule has 6 nitrogen and oxygen atoms in total. The van der Waals surface area contributed by atoms with E-state index in [2.05, 4.69) is 52.0 Å². The zero-order chi connectivity index (χ0) is 17.9. The minimum atomic E-state index is -0.189. The fourth-order valence-corrected chi connectivity index (χ4v) is 3.84. The molecule has 2 aromatic rings. The van der Waals surface area contributed by atoms with Crippen LogP contribution in [0.15, 0.2) is 30.6 Å². The van der Waals surface area contributed by atoms with Crippen molar-refractivity contribution >= 4 is 6.03 Å². The van der Waals surface area contributed by atoms with Crippen LogP contribution in [0.3, 0.4) is 0 Å². The van der Waals surface area contributed by atoms with Gasteiger partial charge in [0.05, 0.1) is 6.04 Å². The molecule has 6 heteroatoms. The summed E-state index contributed by atoms with van der Waals surface area (Å²) < 4.78 is 1.82. The van der Waals surface area contributed by atoms with E-state index < -0.39 is 0 Å². The Hall–Kier alpha value is -2.37. The third-order valence-electron chi connectivity index (χ3n) is 5.26. The zero-order valence-electron chi connectivity index (χ0n) is 15.2. The highest BCUT2D eigenvalue weighted by Crippen LogP contribution is 2.40. The average Bonchev–Trinajstić information content (AvgIpc) is 3.22. The number of hydrogen-bond donors (Lipinski definition) is 2. The number of benzene rings is 1. The summed E-state index contributed by atoms with van der Waals surface area (Å²) in [5.41, 5.74) is 2.66. The molecular weight excluding hydrogens is 314 g/mol. The molecule has 1 saturated carbocycles. The van der Waals surface area contributed by atoms with Crippen molar-refractivity contribution in [2.24, 2.45) is 7.05 Å². The van der Waals surface area contributed by atoms with Gasteiger partial charge in [-0.2, -0.15) is 0 Å². The number of aromatic nitrogens is 3. The Labute approximate surface area is 149 Å². The summed E-state index contributed by atoms with van der Waals surface area (Å²) >= 11 is 0. The van der Waals surface area contributed by atoms with Crippen LogP contribution in [0, 0.1) is 6.92 Å². The van der Waals surface area contributed by atoms with E-state index in [1.807, 2.05) is 18.5 Å². The van der Waals surface area contributed by atoms with Crippen LogP contribution in [-0.2, 0) is 12.5 Å². The molecule has 0 aliphatic heterocycles. The number of hydrogen-bond acceptors (Lipinski definition) is 3. The van der Waals surface area contributed by atoms with E-state index >= 15 is 0 Å². The molecule has 1 aliphatic carbocycles. The fourth-order valence-electron chi connectivity index (χ4n) is 3.84. The second-order valence-corrected chi connectivity index (χ2v) is 7.21. The number of aryl methyl sites for hydroxylation is 2. The Kier molecular flexibility index (Phi) is 5.06. The summed E-state index contributed by atoms with van der Waals surface area (Å²) in [5, 5.41) is 13.9. The van der Waals surface area contributed by atoms with Gasteiger partial charge in [-0.3, -0.25) is 0 Å². The van der Waals surface area contributed by atoms with E-state index in [-0.39, 0.29) is 17.5 Å². The van der Waals surface area contributed by atoms with Gasteiger partial charge in [0.15, 0.2) is 5.82 Å². The van der Waals surface area contributed by atoms with E-state index in [1.54, 1.807) is 6.33 Å². The van der Waals surface area contributed by atoms with Crippen molar-refractivity contribution in [3.63, 3.8) is 0 Å². The maximum Gasteiger partial charge on any atom is 0.315 e. The molecule has 1 fully saturated rings. The lowest BCUT2D eigenvalue weighted by Gasteiger charge is -2.30. The number of nitrogens with zero attached hydrogens (tertiary/aromatic N) is 3. The molecule has 0 radical (unpaired) electrons. The van der Waals surface area contributed by atoms with Gasteiger partial charge in [-0.1, -0.05) is 42.7 Å². The summed E-state index contributed by atoms with van der Waals surface area (Å²) in [6, 6.07) is 8.34. The molecule has 1 heterocycles. The van der Waals surface area contributed by atoms with Gasteiger partial charge in [-0.15, -0.1) is 10.2 Å². The predicted molar refractivity (Wildman–Crippen MR) is 97.3 cm³/mol. The number of carbonyl (C=O) groups excluding carboxylic acids is 1. The summed E-state index contributed by atoms with van der Waals surface area (Å²) in [4.78, 5) is 12.4. The summed E-state index contributed by atoms with van der Waals surface area (Å²) in [6.07, 6.45) is 6.31. The average molecular weight is 341 g/mol. The first-order valence-corrected chi connectivity index (χ1v) is 8.96. The summed E-state index contributed by atoms with van der Waals surface area (Å²) in [5.74, 6) is 0.740. The lowest BCUT2D eigenvalue weighted by atomic mass is 9.78. The van der Waals surface area contributed by atoms with Crippen molar-refractivity contribution in [2.75, 3.05) is 6.54 Å². The molecule has 1 aliphatic rings. The minimum Gasteiger partial charge on any atom is -0.337 e. The van der Waals surface area contributed by atoms with Crippen molar-refractivity contribution < 1.29 is 4.79 Å². The first kappa shape index (κ1) is 17.5. The minimum absolute atomic E-state index is 0.0530. The Bertz CT molecular complexity index is 733. The monoisotopic (exact) mass is 341 g/mol. The van der Waals surface area contributed by atoms with Crippen molar-refractivity contribution in [3.05, 3.63) is 47.5 Å². The smallest absolute Gasteiger partial charge is 0.315 e. The molecule has 134 valence electrons. The van der Waals surface area contributed by atoms with E-state index in [1.165, 1.54) is 24.0 Å². The highest BCUT2D eigenvalue weighted by atomic mass is 16.2. The first-order chi connectivity index (χ1) is 12.0. The van der Waals surface area contributed by atoms with E-state index in [0.717, 1.165) is 18.7 Å². The van der Waals surface area contributed by atoms with Crippen LogP contribution in [0.25, 0.3) is 0 Å². The Balaban J connectivity index is 1.64. The van der Waals surface area contributed by atoms with E-state index in [0.29, 0.717) is 6.54 Å². The van der Waals surface area contributed by atoms with Crippen LogP contribution in [0.4, 0.5) is 4.79 Å². The summed E-state index contributed by atoms with van der Waals surface area (Å²) in [6.45, 7) is 4.69. The number of nitrogens with one attached hydrogen (secondary N) is 2. The Morgan fingerprint density at radius 1 is 1.36 bits per heavy atom. The SMILES string of the molecule is Cc1cccc(C2(CNC(=O)N[C@@H](C)c3nncn3C)CCCC2)c1. The topological polar surface area (TPSA) is 71.8 Å². The molecule has 25 heavy (non-hydrogen) atoms. The van der Waals surface area contributed by atoms with Crippen LogP contribution in [-0.4, -0.2) is 27.3 Å². The molecule has 0 saturated heterocycles. The van der Waals surface area contributed by atoms with Crippen LogP contribution in [0.2, 0.25) is 0 Å². The third-order valence-corrected chi connectivity index (χ3v) is 5.26. The molecule has 0 bridgehead atoms. The van der Waals surface area contributed by atoms with Gasteiger partial charge in [0.2, 0.25) is 0 Å². The highest BCUT2D eigenvalue weighted by Gasteiger charge is 2.36. The van der Waals surface area contributed by atoms with Crippen LogP contribution < -0.4 is 10.6 Å². The molecule has 0 spiro atoms. The van der Waals surface area contributed by atoms with Gasteiger partial charge in [0, 0.05) is 19.0 Å². The lowest BCUT2D eigenvalue weighted by molar-refractivity contribution is 0.233. The van der Waals surface area contributed by atoms with E-state index in [4.69, 9.17) is 0 Å². The van der Waals surface area contributed by atoms with Gasteiger partial charge in [-0.05, 0) is 32.3 Å². The maximum absolute atomic E-state index is 12.4. The highest BCUT2D eigenvalue weighted by molar-refractivity contribution is 5.74. The van der Waals surface area contributed by atoms with Gasteiger partial charge >= 0.3 is 6.03 Å². The molecule has 2 amide bonds. The molecule has 1 aromatic carbocycles. The van der Waals surface area contributed by atoms with Gasteiger partial charge in [0.25, 0.3) is 0 Å². The van der Waals surface area contributed by atoms with Crippen molar-refractivity contribution in [3.8, 4) is 0 Å². The number of rotatable bonds is 5. The molecule has 0 unspecified atom stereocenters. The number of carbonyl (C=O) groups is 1. The standard InChI is InChI=1S/C19H27N5O/c1-14-7-6-8-16(11-14)19(9-4-5-10-19)12-20-18(25)22-15(2)17-23-21-13-24(17)3/h6-8,11,13,15H,4-5,9-10,12H2,1-3H3,(H2,20,22,25)/t15-/m0/s1. The Morgan fingerprint density at radius 3 is 2.76 bits per heavy atom. The fraction of sp³-hybridized carbons (Fsp3) is 0.526. The van der Waals surface area contributed by atoms with Gasteiger partial charge in [0.1, 0.15) is 6.33 Å². The van der Waals surface area contributed by atoms with Crippen LogP contribution >= 0.6 is 0 Å². The molecule has 1 atom stereocenters. The summed E-state index contributed by atoms with van der Waals surface area (Å²) in [7, 11) is 1.87. The Morgan fingerprint density at radius 2 is 2.12 bits per heavy atom. The lowest BCUT2D eigenvalue weighted by Crippen LogP contribution is -2.44.